The minimum absolute atomic E-state index is 0.168. The molecule has 2 aromatic heterocycles. The number of ether oxygens (including phenoxy) is 1. The third-order valence-corrected chi connectivity index (χ3v) is 4.48. The molecule has 2 heterocycles. The Morgan fingerprint density at radius 3 is 2.54 bits per heavy atom. The van der Waals surface area contributed by atoms with E-state index < -0.39 is 5.97 Å². The number of aromatic nitrogens is 2. The lowest BCUT2D eigenvalue weighted by Crippen LogP contribution is -2.13. The van der Waals surface area contributed by atoms with Crippen LogP contribution < -0.4 is 5.43 Å². The molecule has 0 radical (unpaired) electrons. The summed E-state index contributed by atoms with van der Waals surface area (Å²) in [5.74, 6) is -0.526. The Morgan fingerprint density at radius 2 is 1.81 bits per heavy atom. The van der Waals surface area contributed by atoms with Crippen LogP contribution in [0.25, 0.3) is 33.1 Å². The normalized spacial score (nSPS) is 11.2. The second kappa shape index (κ2) is 6.19. The van der Waals surface area contributed by atoms with Gasteiger partial charge in [0.1, 0.15) is 5.69 Å². The standard InChI is InChI=1S/C21H18N2O3/c1-3-26-21(25)16-11-17(24)18-19(23-16)12(2)9-14-10-15(22-20(14)18)13-7-5-4-6-8-13/h4-11,22H,3H2,1-2H3,(H,23,24). The van der Waals surface area contributed by atoms with Crippen LogP contribution in [-0.4, -0.2) is 22.5 Å². The van der Waals surface area contributed by atoms with Crippen LogP contribution in [-0.2, 0) is 4.74 Å². The summed E-state index contributed by atoms with van der Waals surface area (Å²) in [6, 6.07) is 15.3. The number of aromatic amines is 2. The fraction of sp³-hybridized carbons (Fsp3) is 0.143. The Balaban J connectivity index is 1.99. The number of carbonyl (C=O) groups excluding carboxylic acids is 1. The Morgan fingerprint density at radius 1 is 1.04 bits per heavy atom. The topological polar surface area (TPSA) is 75.0 Å². The van der Waals surface area contributed by atoms with Gasteiger partial charge in [-0.25, -0.2) is 4.79 Å². The van der Waals surface area contributed by atoms with Gasteiger partial charge in [0.25, 0.3) is 0 Å². The number of rotatable bonds is 3. The van der Waals surface area contributed by atoms with E-state index in [1.807, 2.05) is 49.4 Å². The molecule has 0 saturated carbocycles. The van der Waals surface area contributed by atoms with Crippen molar-refractivity contribution in [2.75, 3.05) is 6.61 Å². The molecule has 130 valence electrons. The molecule has 0 aliphatic rings. The summed E-state index contributed by atoms with van der Waals surface area (Å²) < 4.78 is 5.00. The van der Waals surface area contributed by atoms with Crippen LogP contribution in [0.4, 0.5) is 0 Å². The number of hydrogen-bond donors (Lipinski definition) is 2. The van der Waals surface area contributed by atoms with Crippen molar-refractivity contribution in [2.45, 2.75) is 13.8 Å². The van der Waals surface area contributed by atoms with Crippen molar-refractivity contribution in [3.8, 4) is 11.3 Å². The highest BCUT2D eigenvalue weighted by molar-refractivity contribution is 6.08. The van der Waals surface area contributed by atoms with Crippen LogP contribution in [0.2, 0.25) is 0 Å². The maximum absolute atomic E-state index is 12.8. The first kappa shape index (κ1) is 16.1. The summed E-state index contributed by atoms with van der Waals surface area (Å²) >= 11 is 0. The van der Waals surface area contributed by atoms with Gasteiger partial charge in [-0.1, -0.05) is 30.3 Å². The van der Waals surface area contributed by atoms with Gasteiger partial charge in [-0.2, -0.15) is 0 Å². The van der Waals surface area contributed by atoms with Gasteiger partial charge >= 0.3 is 5.97 Å². The monoisotopic (exact) mass is 346 g/mol. The zero-order valence-corrected chi connectivity index (χ0v) is 14.6. The highest BCUT2D eigenvalue weighted by atomic mass is 16.5. The number of esters is 1. The Hall–Kier alpha value is -3.34. The first-order valence-electron chi connectivity index (χ1n) is 8.50. The molecule has 26 heavy (non-hydrogen) atoms. The average molecular weight is 346 g/mol. The molecular formula is C21H18N2O3. The zero-order chi connectivity index (χ0) is 18.3. The van der Waals surface area contributed by atoms with E-state index in [1.54, 1.807) is 6.92 Å². The highest BCUT2D eigenvalue weighted by Crippen LogP contribution is 2.29. The fourth-order valence-corrected chi connectivity index (χ4v) is 3.29. The number of H-pyrrole nitrogens is 2. The zero-order valence-electron chi connectivity index (χ0n) is 14.6. The number of nitrogens with one attached hydrogen (secondary N) is 2. The predicted molar refractivity (Wildman–Crippen MR) is 103 cm³/mol. The number of fused-ring (bicyclic) bond motifs is 3. The molecule has 0 amide bonds. The molecule has 2 aromatic carbocycles. The number of carbonyl (C=O) groups is 1. The largest absolute Gasteiger partial charge is 0.461 e. The van der Waals surface area contributed by atoms with E-state index in [1.165, 1.54) is 6.07 Å². The summed E-state index contributed by atoms with van der Waals surface area (Å²) in [5.41, 5.74) is 4.26. The quantitative estimate of drug-likeness (QED) is 0.547. The highest BCUT2D eigenvalue weighted by Gasteiger charge is 2.16. The smallest absolute Gasteiger partial charge is 0.354 e. The fourth-order valence-electron chi connectivity index (χ4n) is 3.29. The summed E-state index contributed by atoms with van der Waals surface area (Å²) in [6.45, 7) is 3.91. The molecule has 2 N–H and O–H groups in total. The lowest BCUT2D eigenvalue weighted by Gasteiger charge is -2.07. The number of pyridine rings is 1. The first-order valence-corrected chi connectivity index (χ1v) is 8.50. The van der Waals surface area contributed by atoms with Gasteiger partial charge in [-0.05, 0) is 37.1 Å². The van der Waals surface area contributed by atoms with E-state index in [0.29, 0.717) is 10.9 Å². The van der Waals surface area contributed by atoms with Crippen LogP contribution in [0.3, 0.4) is 0 Å². The first-order chi connectivity index (χ1) is 12.6. The maximum atomic E-state index is 12.8. The summed E-state index contributed by atoms with van der Waals surface area (Å²) in [4.78, 5) is 31.2. The van der Waals surface area contributed by atoms with Crippen molar-refractivity contribution >= 4 is 27.8 Å². The van der Waals surface area contributed by atoms with E-state index in [2.05, 4.69) is 9.97 Å². The Bertz CT molecular complexity index is 1190. The molecule has 0 atom stereocenters. The minimum Gasteiger partial charge on any atom is -0.461 e. The molecule has 0 unspecified atom stereocenters. The molecule has 0 spiro atoms. The van der Waals surface area contributed by atoms with E-state index in [-0.39, 0.29) is 17.7 Å². The second-order valence-electron chi connectivity index (χ2n) is 6.22. The molecule has 0 saturated heterocycles. The molecule has 0 aliphatic heterocycles. The van der Waals surface area contributed by atoms with Crippen molar-refractivity contribution in [3.05, 3.63) is 70.0 Å². The SMILES string of the molecule is CCOC(=O)c1cc(=O)c2c([nH]1)c(C)cc1cc(-c3ccccc3)[nH]c12. The van der Waals surface area contributed by atoms with Crippen LogP contribution in [0.1, 0.15) is 23.0 Å². The van der Waals surface area contributed by atoms with E-state index in [0.717, 1.165) is 27.7 Å². The Labute approximate surface area is 149 Å². The number of hydrogen-bond acceptors (Lipinski definition) is 3. The van der Waals surface area contributed by atoms with Crippen molar-refractivity contribution in [3.63, 3.8) is 0 Å². The molecule has 4 aromatic rings. The van der Waals surface area contributed by atoms with Crippen LogP contribution in [0, 0.1) is 6.92 Å². The number of benzene rings is 2. The second-order valence-corrected chi connectivity index (χ2v) is 6.22. The predicted octanol–water partition coefficient (Wildman–Crippen LogP) is 4.16. The lowest BCUT2D eigenvalue weighted by atomic mass is 10.1. The molecule has 0 bridgehead atoms. The van der Waals surface area contributed by atoms with Gasteiger partial charge in [-0.3, -0.25) is 4.79 Å². The number of aryl methyl sites for hydroxylation is 1. The van der Waals surface area contributed by atoms with Crippen LogP contribution in [0.5, 0.6) is 0 Å². The molecule has 5 heteroatoms. The molecule has 4 rings (SSSR count). The van der Waals surface area contributed by atoms with E-state index in [4.69, 9.17) is 4.74 Å². The molecule has 0 fully saturated rings. The average Bonchev–Trinajstić information content (AvgIpc) is 3.06. The van der Waals surface area contributed by atoms with Crippen LogP contribution in [0.15, 0.2) is 53.3 Å². The molecule has 0 aliphatic carbocycles. The van der Waals surface area contributed by atoms with Gasteiger partial charge in [-0.15, -0.1) is 0 Å². The maximum Gasteiger partial charge on any atom is 0.354 e. The van der Waals surface area contributed by atoms with Crippen LogP contribution >= 0.6 is 0 Å². The van der Waals surface area contributed by atoms with Crippen molar-refractivity contribution in [1.29, 1.82) is 0 Å². The summed E-state index contributed by atoms with van der Waals surface area (Å²) in [6.07, 6.45) is 0. The van der Waals surface area contributed by atoms with E-state index >= 15 is 0 Å². The van der Waals surface area contributed by atoms with Crippen molar-refractivity contribution < 1.29 is 9.53 Å². The third-order valence-electron chi connectivity index (χ3n) is 4.48. The van der Waals surface area contributed by atoms with Gasteiger partial charge < -0.3 is 14.7 Å². The van der Waals surface area contributed by atoms with Gasteiger partial charge in [0.05, 0.1) is 23.0 Å². The van der Waals surface area contributed by atoms with E-state index in [9.17, 15) is 9.59 Å². The lowest BCUT2D eigenvalue weighted by molar-refractivity contribution is 0.0520. The van der Waals surface area contributed by atoms with Gasteiger partial charge in [0.15, 0.2) is 5.43 Å². The minimum atomic E-state index is -0.526. The Kier molecular flexibility index (Phi) is 3.84. The molecule has 5 nitrogen and oxygen atoms in total. The summed E-state index contributed by atoms with van der Waals surface area (Å²) in [7, 11) is 0. The van der Waals surface area contributed by atoms with Gasteiger partial charge in [0.2, 0.25) is 0 Å². The van der Waals surface area contributed by atoms with Gasteiger partial charge in [0, 0.05) is 17.1 Å². The summed E-state index contributed by atoms with van der Waals surface area (Å²) in [5, 5.41) is 1.51. The third kappa shape index (κ3) is 2.58. The van der Waals surface area contributed by atoms with Crippen molar-refractivity contribution in [2.24, 2.45) is 0 Å². The van der Waals surface area contributed by atoms with Crippen molar-refractivity contribution in [1.82, 2.24) is 9.97 Å². The molecular weight excluding hydrogens is 328 g/mol.